The molecule has 22 heavy (non-hydrogen) atoms. The van der Waals surface area contributed by atoms with Crippen LogP contribution < -0.4 is 10.6 Å². The van der Waals surface area contributed by atoms with E-state index in [1.54, 1.807) is 18.2 Å². The minimum atomic E-state index is -0.584. The van der Waals surface area contributed by atoms with E-state index >= 15 is 0 Å². The molecule has 3 rings (SSSR count). The Hall–Kier alpha value is -2.41. The van der Waals surface area contributed by atoms with Crippen LogP contribution in [0.5, 0.6) is 0 Å². The maximum Gasteiger partial charge on any atom is 0.321 e. The molecule has 6 nitrogen and oxygen atoms in total. The van der Waals surface area contributed by atoms with E-state index in [9.17, 15) is 9.18 Å². The normalized spacial score (nSPS) is 17.0. The summed E-state index contributed by atoms with van der Waals surface area (Å²) in [7, 11) is 0. The van der Waals surface area contributed by atoms with Gasteiger partial charge in [0.1, 0.15) is 12.1 Å². The van der Waals surface area contributed by atoms with Crippen LogP contribution in [0.15, 0.2) is 41.1 Å². The standard InChI is InChI=1S/C15H16FN3O3/c16-12-3-1-11(2-4-12)15(6-9-21-10-7-15)18-14(20)17-13-5-8-22-19-13/h1-5,8H,6-7,9-10H2,(H2,17,18,19,20). The number of carbonyl (C=O) groups excluding carboxylic acids is 1. The lowest BCUT2D eigenvalue weighted by Gasteiger charge is -2.38. The highest BCUT2D eigenvalue weighted by molar-refractivity contribution is 5.88. The summed E-state index contributed by atoms with van der Waals surface area (Å²) in [4.78, 5) is 12.2. The number of carbonyl (C=O) groups is 1. The molecule has 0 radical (unpaired) electrons. The lowest BCUT2D eigenvalue weighted by molar-refractivity contribution is 0.0417. The second kappa shape index (κ2) is 6.15. The van der Waals surface area contributed by atoms with E-state index in [0.29, 0.717) is 31.9 Å². The quantitative estimate of drug-likeness (QED) is 0.914. The number of benzene rings is 1. The number of nitrogens with zero attached hydrogens (tertiary/aromatic N) is 1. The number of urea groups is 1. The zero-order valence-corrected chi connectivity index (χ0v) is 11.8. The van der Waals surface area contributed by atoms with Gasteiger partial charge in [-0.05, 0) is 30.5 Å². The summed E-state index contributed by atoms with van der Waals surface area (Å²) in [5.41, 5.74) is 0.271. The van der Waals surface area contributed by atoms with Gasteiger partial charge in [-0.25, -0.2) is 9.18 Å². The lowest BCUT2D eigenvalue weighted by Crippen LogP contribution is -2.50. The predicted octanol–water partition coefficient (Wildman–Crippen LogP) is 2.64. The zero-order valence-electron chi connectivity index (χ0n) is 11.8. The van der Waals surface area contributed by atoms with Crippen molar-refractivity contribution in [3.63, 3.8) is 0 Å². The minimum Gasteiger partial charge on any atom is -0.381 e. The number of ether oxygens (including phenoxy) is 1. The van der Waals surface area contributed by atoms with Gasteiger partial charge in [-0.2, -0.15) is 0 Å². The number of amides is 2. The molecule has 2 heterocycles. The highest BCUT2D eigenvalue weighted by atomic mass is 19.1. The number of anilines is 1. The van der Waals surface area contributed by atoms with Crippen molar-refractivity contribution in [3.05, 3.63) is 48.0 Å². The van der Waals surface area contributed by atoms with Crippen molar-refractivity contribution >= 4 is 11.8 Å². The Balaban J connectivity index is 1.79. The third kappa shape index (κ3) is 3.09. The first kappa shape index (κ1) is 14.5. The minimum absolute atomic E-state index is 0.307. The molecule has 116 valence electrons. The van der Waals surface area contributed by atoms with Crippen LogP contribution >= 0.6 is 0 Å². The topological polar surface area (TPSA) is 76.4 Å². The summed E-state index contributed by atoms with van der Waals surface area (Å²) in [6, 6.07) is 7.33. The molecule has 1 aromatic carbocycles. The summed E-state index contributed by atoms with van der Waals surface area (Å²) >= 11 is 0. The SMILES string of the molecule is O=C(Nc1ccon1)NC1(c2ccc(F)cc2)CCOCC1. The monoisotopic (exact) mass is 305 g/mol. The maximum absolute atomic E-state index is 13.2. The van der Waals surface area contributed by atoms with E-state index in [0.717, 1.165) is 5.56 Å². The molecule has 0 unspecified atom stereocenters. The fourth-order valence-corrected chi connectivity index (χ4v) is 2.62. The first-order chi connectivity index (χ1) is 10.7. The van der Waals surface area contributed by atoms with E-state index in [1.807, 2.05) is 0 Å². The van der Waals surface area contributed by atoms with Gasteiger partial charge in [-0.3, -0.25) is 5.32 Å². The fraction of sp³-hybridized carbons (Fsp3) is 0.333. The molecule has 2 amide bonds. The van der Waals surface area contributed by atoms with Crippen molar-refractivity contribution in [2.45, 2.75) is 18.4 Å². The summed E-state index contributed by atoms with van der Waals surface area (Å²) in [5, 5.41) is 9.21. The predicted molar refractivity (Wildman–Crippen MR) is 76.8 cm³/mol. The van der Waals surface area contributed by atoms with Gasteiger partial charge in [-0.1, -0.05) is 17.3 Å². The lowest BCUT2D eigenvalue weighted by atomic mass is 9.83. The number of rotatable bonds is 3. The van der Waals surface area contributed by atoms with E-state index < -0.39 is 5.54 Å². The van der Waals surface area contributed by atoms with Crippen LogP contribution in [0.1, 0.15) is 18.4 Å². The molecule has 0 aliphatic carbocycles. The fourth-order valence-electron chi connectivity index (χ4n) is 2.62. The Bertz CT molecular complexity index is 622. The molecule has 0 saturated carbocycles. The van der Waals surface area contributed by atoms with Gasteiger partial charge >= 0.3 is 6.03 Å². The number of nitrogens with one attached hydrogen (secondary N) is 2. The molecule has 1 saturated heterocycles. The largest absolute Gasteiger partial charge is 0.381 e. The Morgan fingerprint density at radius 1 is 1.18 bits per heavy atom. The first-order valence-corrected chi connectivity index (χ1v) is 7.01. The Labute approximate surface area is 126 Å². The van der Waals surface area contributed by atoms with Gasteiger partial charge in [0, 0.05) is 19.3 Å². The van der Waals surface area contributed by atoms with Crippen molar-refractivity contribution in [1.29, 1.82) is 0 Å². The number of hydrogen-bond acceptors (Lipinski definition) is 4. The molecular weight excluding hydrogens is 289 g/mol. The second-order valence-electron chi connectivity index (χ2n) is 5.17. The molecule has 7 heteroatoms. The van der Waals surface area contributed by atoms with Gasteiger partial charge in [0.05, 0.1) is 5.54 Å². The molecule has 2 N–H and O–H groups in total. The van der Waals surface area contributed by atoms with Crippen molar-refractivity contribution < 1.29 is 18.4 Å². The van der Waals surface area contributed by atoms with Crippen LogP contribution in [0, 0.1) is 5.82 Å². The Morgan fingerprint density at radius 2 is 1.91 bits per heavy atom. The molecule has 1 aliphatic rings. The highest BCUT2D eigenvalue weighted by Crippen LogP contribution is 2.32. The zero-order chi connectivity index (χ0) is 15.4. The van der Waals surface area contributed by atoms with Crippen LogP contribution in [0.4, 0.5) is 15.0 Å². The summed E-state index contributed by atoms with van der Waals surface area (Å²) in [6.45, 7) is 1.06. The highest BCUT2D eigenvalue weighted by Gasteiger charge is 2.36. The number of aromatic nitrogens is 1. The second-order valence-corrected chi connectivity index (χ2v) is 5.17. The van der Waals surface area contributed by atoms with Crippen LogP contribution in [0.2, 0.25) is 0 Å². The van der Waals surface area contributed by atoms with Crippen LogP contribution in [-0.4, -0.2) is 24.4 Å². The molecule has 1 aliphatic heterocycles. The molecule has 1 fully saturated rings. The van der Waals surface area contributed by atoms with E-state index in [2.05, 4.69) is 20.3 Å². The Kier molecular flexibility index (Phi) is 4.06. The van der Waals surface area contributed by atoms with Crippen LogP contribution in [-0.2, 0) is 10.3 Å². The maximum atomic E-state index is 13.2. The van der Waals surface area contributed by atoms with Crippen molar-refractivity contribution in [3.8, 4) is 0 Å². The van der Waals surface area contributed by atoms with E-state index in [-0.39, 0.29) is 11.8 Å². The summed E-state index contributed by atoms with van der Waals surface area (Å²) in [6.07, 6.45) is 2.61. The van der Waals surface area contributed by atoms with Gasteiger partial charge in [0.2, 0.25) is 0 Å². The summed E-state index contributed by atoms with van der Waals surface area (Å²) in [5.74, 6) is 0.0248. The van der Waals surface area contributed by atoms with Gasteiger partial charge in [0.15, 0.2) is 5.82 Å². The average Bonchev–Trinajstić information content (AvgIpc) is 3.01. The van der Waals surface area contributed by atoms with Gasteiger partial charge in [-0.15, -0.1) is 0 Å². The van der Waals surface area contributed by atoms with Gasteiger partial charge in [0.25, 0.3) is 0 Å². The number of hydrogen-bond donors (Lipinski definition) is 2. The molecule has 1 aromatic heterocycles. The molecule has 0 atom stereocenters. The van der Waals surface area contributed by atoms with E-state index in [1.165, 1.54) is 18.4 Å². The van der Waals surface area contributed by atoms with Crippen molar-refractivity contribution in [1.82, 2.24) is 10.5 Å². The third-order valence-corrected chi connectivity index (χ3v) is 3.78. The van der Waals surface area contributed by atoms with Crippen molar-refractivity contribution in [2.75, 3.05) is 18.5 Å². The smallest absolute Gasteiger partial charge is 0.321 e. The number of halogens is 1. The molecule has 0 spiro atoms. The van der Waals surface area contributed by atoms with Crippen molar-refractivity contribution in [2.24, 2.45) is 0 Å². The first-order valence-electron chi connectivity index (χ1n) is 7.01. The molecular formula is C15H16FN3O3. The van der Waals surface area contributed by atoms with E-state index in [4.69, 9.17) is 4.74 Å². The average molecular weight is 305 g/mol. The Morgan fingerprint density at radius 3 is 2.55 bits per heavy atom. The molecule has 2 aromatic rings. The van der Waals surface area contributed by atoms with Crippen LogP contribution in [0.3, 0.4) is 0 Å². The van der Waals surface area contributed by atoms with Crippen LogP contribution in [0.25, 0.3) is 0 Å². The molecule has 0 bridgehead atoms. The summed E-state index contributed by atoms with van der Waals surface area (Å²) < 4.78 is 23.2. The third-order valence-electron chi connectivity index (χ3n) is 3.78. The van der Waals surface area contributed by atoms with Gasteiger partial charge < -0.3 is 14.6 Å².